The summed E-state index contributed by atoms with van der Waals surface area (Å²) in [6, 6.07) is 9.96. The number of nitrogens with zero attached hydrogens (tertiary/aromatic N) is 3. The van der Waals surface area contributed by atoms with Crippen LogP contribution in [0.1, 0.15) is 18.6 Å². The van der Waals surface area contributed by atoms with Gasteiger partial charge in [-0.25, -0.2) is 0 Å². The molecule has 24 heavy (non-hydrogen) atoms. The van der Waals surface area contributed by atoms with Crippen LogP contribution in [0.15, 0.2) is 30.3 Å². The van der Waals surface area contributed by atoms with Crippen LogP contribution in [0.5, 0.6) is 0 Å². The smallest absolute Gasteiger partial charge is 0.0916 e. The number of ether oxygens (including phenoxy) is 1. The van der Waals surface area contributed by atoms with Crippen LogP contribution in [-0.4, -0.2) is 91.4 Å². The summed E-state index contributed by atoms with van der Waals surface area (Å²) in [5.41, 5.74) is 1.01. The lowest BCUT2D eigenvalue weighted by Crippen LogP contribution is -2.52. The normalized spacial score (nSPS) is 25.7. The molecular formula is C19H31N3O2. The molecule has 2 atom stereocenters. The largest absolute Gasteiger partial charge is 0.387 e. The van der Waals surface area contributed by atoms with Gasteiger partial charge in [0.2, 0.25) is 0 Å². The third-order valence-corrected chi connectivity index (χ3v) is 5.21. The Morgan fingerprint density at radius 1 is 1.04 bits per heavy atom. The van der Waals surface area contributed by atoms with Crippen LogP contribution >= 0.6 is 0 Å². The molecule has 1 aromatic rings. The highest BCUT2D eigenvalue weighted by molar-refractivity contribution is 5.17. The topological polar surface area (TPSA) is 39.2 Å². The zero-order chi connectivity index (χ0) is 16.8. The van der Waals surface area contributed by atoms with Crippen LogP contribution in [0.2, 0.25) is 0 Å². The van der Waals surface area contributed by atoms with E-state index in [9.17, 15) is 5.11 Å². The van der Waals surface area contributed by atoms with Crippen molar-refractivity contribution in [1.82, 2.24) is 14.7 Å². The van der Waals surface area contributed by atoms with Gasteiger partial charge in [-0.05, 0) is 12.1 Å². The maximum Gasteiger partial charge on any atom is 0.0916 e. The molecule has 0 radical (unpaired) electrons. The van der Waals surface area contributed by atoms with E-state index >= 15 is 0 Å². The molecule has 0 aliphatic carbocycles. The molecule has 134 valence electrons. The molecule has 5 heteroatoms. The lowest BCUT2D eigenvalue weighted by molar-refractivity contribution is -0.0479. The van der Waals surface area contributed by atoms with Crippen LogP contribution in [0.4, 0.5) is 0 Å². The average Bonchev–Trinajstić information content (AvgIpc) is 2.64. The van der Waals surface area contributed by atoms with E-state index in [0.717, 1.165) is 71.1 Å². The summed E-state index contributed by atoms with van der Waals surface area (Å²) in [4.78, 5) is 7.35. The lowest BCUT2D eigenvalue weighted by Gasteiger charge is -2.39. The highest BCUT2D eigenvalue weighted by Crippen LogP contribution is 2.15. The summed E-state index contributed by atoms with van der Waals surface area (Å²) in [5, 5.41) is 10.4. The molecule has 1 N–H and O–H groups in total. The fourth-order valence-electron chi connectivity index (χ4n) is 3.65. The number of aliphatic hydroxyl groups is 1. The molecule has 2 fully saturated rings. The first-order valence-corrected chi connectivity index (χ1v) is 9.26. The SMILES string of the molecule is CCN1CCO[C@@H](CN2CCN(C[C@H](O)c3ccccc3)CC2)C1. The molecule has 3 rings (SSSR count). The Morgan fingerprint density at radius 2 is 1.75 bits per heavy atom. The van der Waals surface area contributed by atoms with Gasteiger partial charge < -0.3 is 9.84 Å². The number of benzene rings is 1. The molecular weight excluding hydrogens is 302 g/mol. The van der Waals surface area contributed by atoms with Crippen LogP contribution in [0.3, 0.4) is 0 Å². The molecule has 1 aromatic carbocycles. The molecule has 0 unspecified atom stereocenters. The van der Waals surface area contributed by atoms with Crippen molar-refractivity contribution < 1.29 is 9.84 Å². The number of likely N-dealkylation sites (N-methyl/N-ethyl adjacent to an activating group) is 1. The van der Waals surface area contributed by atoms with E-state index in [1.165, 1.54) is 0 Å². The summed E-state index contributed by atoms with van der Waals surface area (Å²) in [6.07, 6.45) is -0.0438. The Balaban J connectivity index is 1.39. The van der Waals surface area contributed by atoms with Crippen LogP contribution < -0.4 is 0 Å². The van der Waals surface area contributed by atoms with Gasteiger partial charge in [-0.2, -0.15) is 0 Å². The molecule has 0 saturated carbocycles. The van der Waals surface area contributed by atoms with Gasteiger partial charge in [-0.15, -0.1) is 0 Å². The van der Waals surface area contributed by atoms with Gasteiger partial charge in [0.25, 0.3) is 0 Å². The van der Waals surface area contributed by atoms with Gasteiger partial charge in [-0.1, -0.05) is 37.3 Å². The van der Waals surface area contributed by atoms with Crippen molar-refractivity contribution in [2.24, 2.45) is 0 Å². The second kappa shape index (κ2) is 8.92. The minimum Gasteiger partial charge on any atom is -0.387 e. The number of piperazine rings is 1. The molecule has 2 aliphatic heterocycles. The van der Waals surface area contributed by atoms with Crippen molar-refractivity contribution in [3.05, 3.63) is 35.9 Å². The predicted molar refractivity (Wildman–Crippen MR) is 96.1 cm³/mol. The molecule has 2 aliphatic rings. The van der Waals surface area contributed by atoms with Crippen LogP contribution in [-0.2, 0) is 4.74 Å². The van der Waals surface area contributed by atoms with Crippen molar-refractivity contribution in [1.29, 1.82) is 0 Å². The van der Waals surface area contributed by atoms with Crippen molar-refractivity contribution in [3.8, 4) is 0 Å². The van der Waals surface area contributed by atoms with Crippen LogP contribution in [0, 0.1) is 0 Å². The summed E-state index contributed by atoms with van der Waals surface area (Å²) < 4.78 is 5.93. The van der Waals surface area contributed by atoms with Crippen molar-refractivity contribution in [3.63, 3.8) is 0 Å². The van der Waals surface area contributed by atoms with E-state index in [1.54, 1.807) is 0 Å². The van der Waals surface area contributed by atoms with Gasteiger partial charge in [0, 0.05) is 52.4 Å². The van der Waals surface area contributed by atoms with E-state index in [4.69, 9.17) is 4.74 Å². The number of rotatable bonds is 6. The first-order chi connectivity index (χ1) is 11.7. The van der Waals surface area contributed by atoms with Gasteiger partial charge in [0.15, 0.2) is 0 Å². The Morgan fingerprint density at radius 3 is 2.46 bits per heavy atom. The number of aliphatic hydroxyl groups excluding tert-OH is 1. The minimum absolute atomic E-state index is 0.347. The summed E-state index contributed by atoms with van der Waals surface area (Å²) in [6.45, 7) is 12.3. The zero-order valence-electron chi connectivity index (χ0n) is 14.8. The van der Waals surface area contributed by atoms with E-state index in [1.807, 2.05) is 30.3 Å². The van der Waals surface area contributed by atoms with E-state index in [-0.39, 0.29) is 0 Å². The third kappa shape index (κ3) is 5.01. The molecule has 0 aromatic heterocycles. The first-order valence-electron chi connectivity index (χ1n) is 9.26. The standard InChI is InChI=1S/C19H31N3O2/c1-2-20-12-13-24-18(14-20)15-21-8-10-22(11-9-21)16-19(23)17-6-4-3-5-7-17/h3-7,18-19,23H,2,8-16H2,1H3/t18-,19+/m1/s1. The van der Waals surface area contributed by atoms with Crippen molar-refractivity contribution in [2.75, 3.05) is 65.5 Å². The molecule has 5 nitrogen and oxygen atoms in total. The Bertz CT molecular complexity index is 477. The number of hydrogen-bond donors (Lipinski definition) is 1. The van der Waals surface area contributed by atoms with Gasteiger partial charge in [-0.3, -0.25) is 14.7 Å². The second-order valence-electron chi connectivity index (χ2n) is 6.91. The van der Waals surface area contributed by atoms with Gasteiger partial charge in [0.05, 0.1) is 18.8 Å². The molecule has 0 spiro atoms. The van der Waals surface area contributed by atoms with Gasteiger partial charge in [0.1, 0.15) is 0 Å². The molecule has 2 heterocycles. The fraction of sp³-hybridized carbons (Fsp3) is 0.684. The lowest BCUT2D eigenvalue weighted by atomic mass is 10.1. The highest BCUT2D eigenvalue weighted by Gasteiger charge is 2.25. The summed E-state index contributed by atoms with van der Waals surface area (Å²) in [7, 11) is 0. The van der Waals surface area contributed by atoms with Crippen molar-refractivity contribution in [2.45, 2.75) is 19.1 Å². The maximum atomic E-state index is 10.4. The van der Waals surface area contributed by atoms with E-state index in [0.29, 0.717) is 6.10 Å². The quantitative estimate of drug-likeness (QED) is 0.843. The Labute approximate surface area is 145 Å². The monoisotopic (exact) mass is 333 g/mol. The number of hydrogen-bond acceptors (Lipinski definition) is 5. The second-order valence-corrected chi connectivity index (χ2v) is 6.91. The van der Waals surface area contributed by atoms with Crippen LogP contribution in [0.25, 0.3) is 0 Å². The van der Waals surface area contributed by atoms with Crippen molar-refractivity contribution >= 4 is 0 Å². The summed E-state index contributed by atoms with van der Waals surface area (Å²) in [5.74, 6) is 0. The number of morpholine rings is 1. The minimum atomic E-state index is -0.391. The third-order valence-electron chi connectivity index (χ3n) is 5.21. The predicted octanol–water partition coefficient (Wildman–Crippen LogP) is 1.06. The first kappa shape index (κ1) is 17.8. The average molecular weight is 333 g/mol. The molecule has 0 bridgehead atoms. The van der Waals surface area contributed by atoms with Gasteiger partial charge >= 0.3 is 0 Å². The Kier molecular flexibility index (Phi) is 6.63. The molecule has 0 amide bonds. The zero-order valence-corrected chi connectivity index (χ0v) is 14.8. The maximum absolute atomic E-state index is 10.4. The summed E-state index contributed by atoms with van der Waals surface area (Å²) >= 11 is 0. The number of β-amino-alcohol motifs (C(OH)–C–C–N with tert-alkyl or cyclic N) is 1. The fourth-order valence-corrected chi connectivity index (χ4v) is 3.65. The Hall–Kier alpha value is -0.980. The van der Waals surface area contributed by atoms with E-state index in [2.05, 4.69) is 21.6 Å². The van der Waals surface area contributed by atoms with E-state index < -0.39 is 6.10 Å². The molecule has 2 saturated heterocycles. The highest BCUT2D eigenvalue weighted by atomic mass is 16.5.